The van der Waals surface area contributed by atoms with Crippen LogP contribution in [0.1, 0.15) is 44.4 Å². The number of piperazine rings is 1. The molecule has 4 heteroatoms. The highest BCUT2D eigenvalue weighted by Gasteiger charge is 2.29. The molecule has 2 fully saturated rings. The average molecular weight is 291 g/mol. The maximum atomic E-state index is 5.74. The maximum absolute atomic E-state index is 5.74. The van der Waals surface area contributed by atoms with E-state index >= 15 is 0 Å². The van der Waals surface area contributed by atoms with Gasteiger partial charge in [0, 0.05) is 43.8 Å². The molecule has 0 radical (unpaired) electrons. The van der Waals surface area contributed by atoms with Crippen LogP contribution in [0.3, 0.4) is 0 Å². The summed E-state index contributed by atoms with van der Waals surface area (Å²) in [6, 6.07) is 3.40. The molecule has 2 aliphatic rings. The number of furan rings is 1. The molecule has 0 spiro atoms. The fourth-order valence-electron chi connectivity index (χ4n) is 3.54. The van der Waals surface area contributed by atoms with Gasteiger partial charge in [-0.3, -0.25) is 9.80 Å². The Morgan fingerprint density at radius 1 is 1.29 bits per heavy atom. The molecule has 0 aromatic carbocycles. The zero-order valence-electron chi connectivity index (χ0n) is 13.5. The van der Waals surface area contributed by atoms with E-state index in [0.29, 0.717) is 6.04 Å². The van der Waals surface area contributed by atoms with Gasteiger partial charge >= 0.3 is 0 Å². The van der Waals surface area contributed by atoms with E-state index in [0.717, 1.165) is 24.9 Å². The summed E-state index contributed by atoms with van der Waals surface area (Å²) in [6.45, 7) is 11.2. The van der Waals surface area contributed by atoms with Crippen LogP contribution in [0, 0.1) is 0 Å². The second kappa shape index (κ2) is 6.95. The van der Waals surface area contributed by atoms with Gasteiger partial charge in [-0.15, -0.1) is 0 Å². The van der Waals surface area contributed by atoms with Crippen molar-refractivity contribution in [3.63, 3.8) is 0 Å². The van der Waals surface area contributed by atoms with E-state index < -0.39 is 0 Å². The Labute approximate surface area is 128 Å². The molecule has 118 valence electrons. The summed E-state index contributed by atoms with van der Waals surface area (Å²) in [4.78, 5) is 5.26. The zero-order chi connectivity index (χ0) is 14.7. The minimum atomic E-state index is 0.513. The van der Waals surface area contributed by atoms with Crippen LogP contribution in [0.4, 0.5) is 0 Å². The van der Waals surface area contributed by atoms with Gasteiger partial charge in [-0.25, -0.2) is 0 Å². The highest BCUT2D eigenvalue weighted by Crippen LogP contribution is 2.23. The van der Waals surface area contributed by atoms with Crippen LogP contribution < -0.4 is 5.32 Å². The first-order valence-corrected chi connectivity index (χ1v) is 8.47. The molecule has 1 aromatic rings. The molecule has 1 unspecified atom stereocenters. The molecule has 2 aliphatic heterocycles. The number of hydrogen-bond acceptors (Lipinski definition) is 4. The quantitative estimate of drug-likeness (QED) is 0.903. The molecule has 0 aliphatic carbocycles. The van der Waals surface area contributed by atoms with Gasteiger partial charge in [0.25, 0.3) is 0 Å². The summed E-state index contributed by atoms with van der Waals surface area (Å²) in [5.74, 6) is 1.15. The Bertz CT molecular complexity index is 443. The van der Waals surface area contributed by atoms with E-state index in [2.05, 4.69) is 35.0 Å². The van der Waals surface area contributed by atoms with Crippen molar-refractivity contribution in [1.82, 2.24) is 15.1 Å². The molecule has 0 amide bonds. The van der Waals surface area contributed by atoms with Crippen LogP contribution >= 0.6 is 0 Å². The predicted octanol–water partition coefficient (Wildman–Crippen LogP) is 2.45. The highest BCUT2D eigenvalue weighted by molar-refractivity contribution is 5.17. The lowest BCUT2D eigenvalue weighted by atomic mass is 9.99. The Hall–Kier alpha value is -0.840. The Kier molecular flexibility index (Phi) is 4.99. The number of rotatable bonds is 5. The third kappa shape index (κ3) is 3.87. The van der Waals surface area contributed by atoms with Crippen LogP contribution in [0.15, 0.2) is 16.7 Å². The summed E-state index contributed by atoms with van der Waals surface area (Å²) < 4.78 is 5.74. The molecule has 3 rings (SSSR count). The van der Waals surface area contributed by atoms with Crippen molar-refractivity contribution in [2.24, 2.45) is 0 Å². The number of piperidine rings is 1. The number of hydrogen-bond donors (Lipinski definition) is 1. The minimum Gasteiger partial charge on any atom is -0.468 e. The summed E-state index contributed by atoms with van der Waals surface area (Å²) in [7, 11) is 0. The topological polar surface area (TPSA) is 31.7 Å². The van der Waals surface area contributed by atoms with Crippen LogP contribution in [-0.4, -0.2) is 48.1 Å². The van der Waals surface area contributed by atoms with E-state index in [9.17, 15) is 0 Å². The van der Waals surface area contributed by atoms with E-state index in [1.807, 2.05) is 6.26 Å². The molecule has 1 atom stereocenters. The Morgan fingerprint density at radius 2 is 2.19 bits per heavy atom. The molecule has 1 aromatic heterocycles. The second-order valence-electron chi connectivity index (χ2n) is 6.83. The fraction of sp³-hybridized carbons (Fsp3) is 0.765. The molecular weight excluding hydrogens is 262 g/mol. The van der Waals surface area contributed by atoms with Crippen molar-refractivity contribution >= 4 is 0 Å². The summed E-state index contributed by atoms with van der Waals surface area (Å²) in [5.41, 5.74) is 1.31. The number of fused-ring (bicyclic) bond motifs is 1. The van der Waals surface area contributed by atoms with Crippen LogP contribution in [0.2, 0.25) is 0 Å². The molecule has 0 saturated carbocycles. The first kappa shape index (κ1) is 15.1. The lowest BCUT2D eigenvalue weighted by Crippen LogP contribution is -2.54. The van der Waals surface area contributed by atoms with E-state index in [4.69, 9.17) is 4.42 Å². The van der Waals surface area contributed by atoms with Gasteiger partial charge in [-0.2, -0.15) is 0 Å². The monoisotopic (exact) mass is 291 g/mol. The van der Waals surface area contributed by atoms with Crippen molar-refractivity contribution in [2.45, 2.75) is 58.3 Å². The third-order valence-electron chi connectivity index (χ3n) is 4.83. The molecule has 1 N–H and O–H groups in total. The lowest BCUT2D eigenvalue weighted by molar-refractivity contribution is 0.0424. The van der Waals surface area contributed by atoms with Crippen LogP contribution in [0.5, 0.6) is 0 Å². The minimum absolute atomic E-state index is 0.513. The van der Waals surface area contributed by atoms with E-state index in [-0.39, 0.29) is 0 Å². The maximum Gasteiger partial charge on any atom is 0.122 e. The first-order chi connectivity index (χ1) is 10.2. The zero-order valence-corrected chi connectivity index (χ0v) is 13.5. The molecule has 21 heavy (non-hydrogen) atoms. The van der Waals surface area contributed by atoms with Gasteiger partial charge in [0.2, 0.25) is 0 Å². The summed E-state index contributed by atoms with van der Waals surface area (Å²) >= 11 is 0. The number of nitrogens with one attached hydrogen (secondary N) is 1. The van der Waals surface area contributed by atoms with Crippen molar-refractivity contribution in [3.05, 3.63) is 23.7 Å². The van der Waals surface area contributed by atoms with Gasteiger partial charge in [-0.05, 0) is 25.5 Å². The van der Waals surface area contributed by atoms with E-state index in [1.54, 1.807) is 0 Å². The summed E-state index contributed by atoms with van der Waals surface area (Å²) in [6.07, 6.45) is 6.00. The Morgan fingerprint density at radius 3 is 3.05 bits per heavy atom. The van der Waals surface area contributed by atoms with Gasteiger partial charge in [-0.1, -0.05) is 20.3 Å². The highest BCUT2D eigenvalue weighted by atomic mass is 16.3. The van der Waals surface area contributed by atoms with Crippen molar-refractivity contribution in [3.8, 4) is 0 Å². The summed E-state index contributed by atoms with van der Waals surface area (Å²) in [5, 5.41) is 3.48. The van der Waals surface area contributed by atoms with E-state index in [1.165, 1.54) is 51.0 Å². The van der Waals surface area contributed by atoms with Gasteiger partial charge in [0.05, 0.1) is 12.8 Å². The molecular formula is C17H29N3O. The predicted molar refractivity (Wildman–Crippen MR) is 85.2 cm³/mol. The smallest absolute Gasteiger partial charge is 0.122 e. The van der Waals surface area contributed by atoms with Crippen molar-refractivity contribution in [2.75, 3.05) is 26.2 Å². The number of nitrogens with zero attached hydrogens (tertiary/aromatic N) is 2. The van der Waals surface area contributed by atoms with Gasteiger partial charge < -0.3 is 9.73 Å². The molecule has 4 nitrogen and oxygen atoms in total. The standard InChI is InChI=1S/C17H29N3O/c1-14(2)18-11-15-6-10-21-17(15)13-19-8-9-20-7-4-3-5-16(20)12-19/h6,10,14,16,18H,3-5,7-9,11-13H2,1-2H3. The third-order valence-corrected chi connectivity index (χ3v) is 4.83. The van der Waals surface area contributed by atoms with Crippen LogP contribution in [0.25, 0.3) is 0 Å². The Balaban J connectivity index is 1.55. The fourth-order valence-corrected chi connectivity index (χ4v) is 3.54. The van der Waals surface area contributed by atoms with Crippen molar-refractivity contribution < 1.29 is 4.42 Å². The molecule has 3 heterocycles. The van der Waals surface area contributed by atoms with Crippen LogP contribution in [-0.2, 0) is 13.1 Å². The largest absolute Gasteiger partial charge is 0.468 e. The van der Waals surface area contributed by atoms with Gasteiger partial charge in [0.15, 0.2) is 0 Å². The van der Waals surface area contributed by atoms with Gasteiger partial charge in [0.1, 0.15) is 5.76 Å². The first-order valence-electron chi connectivity index (χ1n) is 8.47. The van der Waals surface area contributed by atoms with Crippen molar-refractivity contribution in [1.29, 1.82) is 0 Å². The lowest BCUT2D eigenvalue weighted by Gasteiger charge is -2.43. The molecule has 2 saturated heterocycles. The SMILES string of the molecule is CC(C)NCc1ccoc1CN1CCN2CCCCC2C1. The second-order valence-corrected chi connectivity index (χ2v) is 6.83. The normalized spacial score (nSPS) is 24.4. The average Bonchev–Trinajstić information content (AvgIpc) is 2.92. The molecule has 0 bridgehead atoms.